The quantitative estimate of drug-likeness (QED) is 0.820. The minimum atomic E-state index is -0.246. The van der Waals surface area contributed by atoms with Crippen LogP contribution < -0.4 is 5.73 Å². The van der Waals surface area contributed by atoms with Gasteiger partial charge in [-0.2, -0.15) is 0 Å². The van der Waals surface area contributed by atoms with Crippen molar-refractivity contribution in [2.45, 2.75) is 31.1 Å². The summed E-state index contributed by atoms with van der Waals surface area (Å²) in [5.41, 5.74) is 6.59. The zero-order chi connectivity index (χ0) is 11.6. The van der Waals surface area contributed by atoms with Gasteiger partial charge in [-0.15, -0.1) is 11.3 Å². The molecule has 0 radical (unpaired) electrons. The standard InChI is InChI=1S/C12H17NO2S/c1-15-11(14)9-7-10(16-8-9)12(5-6-13)3-2-4-12/h7-8H,2-6,13H2,1H3. The lowest BCUT2D eigenvalue weighted by atomic mass is 9.65. The third kappa shape index (κ3) is 1.87. The molecular weight excluding hydrogens is 222 g/mol. The number of rotatable bonds is 4. The number of methoxy groups -OCH3 is 1. The van der Waals surface area contributed by atoms with E-state index in [9.17, 15) is 4.79 Å². The first-order valence-corrected chi connectivity index (χ1v) is 6.47. The SMILES string of the molecule is COC(=O)c1csc(C2(CCN)CCC2)c1. The Labute approximate surface area is 99.6 Å². The zero-order valence-electron chi connectivity index (χ0n) is 9.49. The van der Waals surface area contributed by atoms with E-state index in [4.69, 9.17) is 10.5 Å². The van der Waals surface area contributed by atoms with Gasteiger partial charge in [0, 0.05) is 15.7 Å². The second-order valence-electron chi connectivity index (χ2n) is 4.36. The van der Waals surface area contributed by atoms with Crippen LogP contribution in [-0.2, 0) is 10.2 Å². The molecule has 0 unspecified atom stereocenters. The van der Waals surface area contributed by atoms with Crippen LogP contribution in [0, 0.1) is 0 Å². The fraction of sp³-hybridized carbons (Fsp3) is 0.583. The molecule has 0 aromatic carbocycles. The molecule has 2 N–H and O–H groups in total. The molecule has 0 atom stereocenters. The molecule has 1 aromatic heterocycles. The molecular formula is C12H17NO2S. The molecule has 1 fully saturated rings. The fourth-order valence-electron chi connectivity index (χ4n) is 2.34. The summed E-state index contributed by atoms with van der Waals surface area (Å²) in [5, 5.41) is 1.89. The van der Waals surface area contributed by atoms with Crippen molar-refractivity contribution in [2.24, 2.45) is 5.73 Å². The van der Waals surface area contributed by atoms with E-state index in [1.165, 1.54) is 31.2 Å². The summed E-state index contributed by atoms with van der Waals surface area (Å²) in [6.07, 6.45) is 4.69. The van der Waals surface area contributed by atoms with Gasteiger partial charge in [0.25, 0.3) is 0 Å². The zero-order valence-corrected chi connectivity index (χ0v) is 10.3. The molecule has 0 aliphatic heterocycles. The molecule has 16 heavy (non-hydrogen) atoms. The fourth-order valence-corrected chi connectivity index (χ4v) is 3.51. The molecule has 2 rings (SSSR count). The molecule has 3 nitrogen and oxygen atoms in total. The summed E-state index contributed by atoms with van der Waals surface area (Å²) in [7, 11) is 1.42. The second kappa shape index (κ2) is 4.55. The third-order valence-electron chi connectivity index (χ3n) is 3.48. The van der Waals surface area contributed by atoms with Crippen molar-refractivity contribution in [1.29, 1.82) is 0 Å². The largest absolute Gasteiger partial charge is 0.465 e. The van der Waals surface area contributed by atoms with Crippen molar-refractivity contribution >= 4 is 17.3 Å². The van der Waals surface area contributed by atoms with E-state index in [2.05, 4.69) is 0 Å². The minimum Gasteiger partial charge on any atom is -0.465 e. The van der Waals surface area contributed by atoms with Crippen LogP contribution in [-0.4, -0.2) is 19.6 Å². The predicted octanol–water partition coefficient (Wildman–Crippen LogP) is 2.31. The van der Waals surface area contributed by atoms with Crippen LogP contribution in [0.4, 0.5) is 0 Å². The van der Waals surface area contributed by atoms with Crippen LogP contribution in [0.25, 0.3) is 0 Å². The van der Waals surface area contributed by atoms with Gasteiger partial charge in [0.2, 0.25) is 0 Å². The first-order valence-electron chi connectivity index (χ1n) is 5.59. The molecule has 0 saturated heterocycles. The monoisotopic (exact) mass is 239 g/mol. The number of nitrogens with two attached hydrogens (primary N) is 1. The van der Waals surface area contributed by atoms with Gasteiger partial charge in [-0.05, 0) is 31.9 Å². The number of hydrogen-bond acceptors (Lipinski definition) is 4. The maximum Gasteiger partial charge on any atom is 0.338 e. The van der Waals surface area contributed by atoms with E-state index in [1.54, 1.807) is 11.3 Å². The highest BCUT2D eigenvalue weighted by molar-refractivity contribution is 7.10. The molecule has 0 bridgehead atoms. The van der Waals surface area contributed by atoms with Crippen LogP contribution in [0.2, 0.25) is 0 Å². The van der Waals surface area contributed by atoms with Gasteiger partial charge in [0.1, 0.15) is 0 Å². The minimum absolute atomic E-state index is 0.246. The number of ether oxygens (including phenoxy) is 1. The number of esters is 1. The summed E-state index contributed by atoms with van der Waals surface area (Å²) in [6.45, 7) is 0.714. The summed E-state index contributed by atoms with van der Waals surface area (Å²) >= 11 is 1.66. The van der Waals surface area contributed by atoms with Crippen molar-refractivity contribution < 1.29 is 9.53 Å². The van der Waals surface area contributed by atoms with E-state index in [0.717, 1.165) is 6.42 Å². The highest BCUT2D eigenvalue weighted by Gasteiger charge is 2.39. The van der Waals surface area contributed by atoms with Gasteiger partial charge in [-0.3, -0.25) is 0 Å². The Balaban J connectivity index is 2.20. The summed E-state index contributed by atoms with van der Waals surface area (Å²) in [6, 6.07) is 1.98. The van der Waals surface area contributed by atoms with Crippen molar-refractivity contribution in [3.05, 3.63) is 21.9 Å². The van der Waals surface area contributed by atoms with Gasteiger partial charge >= 0.3 is 5.97 Å². The van der Waals surface area contributed by atoms with Crippen molar-refractivity contribution in [1.82, 2.24) is 0 Å². The van der Waals surface area contributed by atoms with Crippen LogP contribution in [0.5, 0.6) is 0 Å². The second-order valence-corrected chi connectivity index (χ2v) is 5.28. The molecule has 1 aromatic rings. The molecule has 1 aliphatic carbocycles. The molecule has 1 saturated carbocycles. The highest BCUT2D eigenvalue weighted by atomic mass is 32.1. The van der Waals surface area contributed by atoms with E-state index in [-0.39, 0.29) is 11.4 Å². The third-order valence-corrected chi connectivity index (χ3v) is 4.65. The predicted molar refractivity (Wildman–Crippen MR) is 64.9 cm³/mol. The summed E-state index contributed by atoms with van der Waals surface area (Å²) < 4.78 is 4.72. The maximum absolute atomic E-state index is 11.4. The van der Waals surface area contributed by atoms with Crippen LogP contribution in [0.1, 0.15) is 40.9 Å². The van der Waals surface area contributed by atoms with Gasteiger partial charge in [-0.1, -0.05) is 6.42 Å². The molecule has 1 aliphatic rings. The Morgan fingerprint density at radius 2 is 2.38 bits per heavy atom. The Morgan fingerprint density at radius 3 is 2.88 bits per heavy atom. The topological polar surface area (TPSA) is 52.3 Å². The molecule has 4 heteroatoms. The van der Waals surface area contributed by atoms with Gasteiger partial charge in [-0.25, -0.2) is 4.79 Å². The van der Waals surface area contributed by atoms with Crippen LogP contribution in [0.3, 0.4) is 0 Å². The number of carbonyl (C=O) groups excluding carboxylic acids is 1. The average Bonchev–Trinajstić information content (AvgIpc) is 2.71. The van der Waals surface area contributed by atoms with Crippen molar-refractivity contribution in [3.63, 3.8) is 0 Å². The van der Waals surface area contributed by atoms with E-state index >= 15 is 0 Å². The lowest BCUT2D eigenvalue weighted by Gasteiger charge is -2.41. The van der Waals surface area contributed by atoms with E-state index < -0.39 is 0 Å². The van der Waals surface area contributed by atoms with Crippen LogP contribution >= 0.6 is 11.3 Å². The number of thiophene rings is 1. The smallest absolute Gasteiger partial charge is 0.338 e. The molecule has 1 heterocycles. The van der Waals surface area contributed by atoms with E-state index in [1.807, 2.05) is 11.4 Å². The Kier molecular flexibility index (Phi) is 3.30. The number of carbonyl (C=O) groups is 1. The summed E-state index contributed by atoms with van der Waals surface area (Å²) in [4.78, 5) is 12.7. The summed E-state index contributed by atoms with van der Waals surface area (Å²) in [5.74, 6) is -0.246. The molecule has 88 valence electrons. The van der Waals surface area contributed by atoms with Gasteiger partial charge in [0.15, 0.2) is 0 Å². The Morgan fingerprint density at radius 1 is 1.62 bits per heavy atom. The highest BCUT2D eigenvalue weighted by Crippen LogP contribution is 2.48. The normalized spacial score (nSPS) is 17.9. The first-order chi connectivity index (χ1) is 7.72. The van der Waals surface area contributed by atoms with Crippen LogP contribution in [0.15, 0.2) is 11.4 Å². The maximum atomic E-state index is 11.4. The lowest BCUT2D eigenvalue weighted by molar-refractivity contribution is 0.0601. The Bertz CT molecular complexity index is 382. The van der Waals surface area contributed by atoms with Crippen molar-refractivity contribution in [2.75, 3.05) is 13.7 Å². The van der Waals surface area contributed by atoms with Gasteiger partial charge < -0.3 is 10.5 Å². The molecule has 0 spiro atoms. The average molecular weight is 239 g/mol. The first kappa shape index (κ1) is 11.6. The number of hydrogen-bond donors (Lipinski definition) is 1. The Hall–Kier alpha value is -0.870. The van der Waals surface area contributed by atoms with Crippen molar-refractivity contribution in [3.8, 4) is 0 Å². The van der Waals surface area contributed by atoms with Gasteiger partial charge in [0.05, 0.1) is 12.7 Å². The van der Waals surface area contributed by atoms with E-state index in [0.29, 0.717) is 12.1 Å². The lowest BCUT2D eigenvalue weighted by Crippen LogP contribution is -2.35. The molecule has 0 amide bonds.